The average molecular weight is 1600 g/mol. The maximum atomic E-state index is 16.7. The molecule has 110 heavy (non-hydrogen) atoms. The zero-order valence-corrected chi connectivity index (χ0v) is 75.4. The van der Waals surface area contributed by atoms with Crippen LogP contribution in [0.1, 0.15) is 382 Å². The topological polar surface area (TPSA) is 118 Å². The minimum Gasteiger partial charge on any atom is -0.321 e. The number of hydrogen-bond donors (Lipinski definition) is 2. The van der Waals surface area contributed by atoms with E-state index in [1.807, 2.05) is 45.3 Å². The maximum Gasteiger partial charge on any atom is 0.261 e. The minimum absolute atomic E-state index is 0.0175. The second kappa shape index (κ2) is 44.1. The van der Waals surface area contributed by atoms with Gasteiger partial charge in [0.05, 0.1) is 64.1 Å². The van der Waals surface area contributed by atoms with Crippen molar-refractivity contribution in [3.8, 4) is 29.3 Å². The van der Waals surface area contributed by atoms with Gasteiger partial charge >= 0.3 is 0 Å². The Bertz CT molecular complexity index is 4240. The Morgan fingerprint density at radius 2 is 0.709 bits per heavy atom. The minimum atomic E-state index is -0.507. The molecule has 0 fully saturated rings. The summed E-state index contributed by atoms with van der Waals surface area (Å²) in [7, 11) is 0. The highest BCUT2D eigenvalue weighted by Crippen LogP contribution is 2.54. The van der Waals surface area contributed by atoms with Gasteiger partial charge in [-0.3, -0.25) is 9.59 Å². The van der Waals surface area contributed by atoms with Crippen LogP contribution in [0.4, 0.5) is 0 Å². The second-order valence-corrected chi connectivity index (χ2v) is 40.7. The first kappa shape index (κ1) is 88.0. The molecular weight excluding hydrogens is 1460 g/mol. The van der Waals surface area contributed by atoms with Gasteiger partial charge < -0.3 is 21.3 Å². The monoisotopic (exact) mass is 1600 g/mol. The number of thiophene rings is 6. The van der Waals surface area contributed by atoms with Crippen LogP contribution in [-0.4, -0.2) is 44.7 Å². The fourth-order valence-electron chi connectivity index (χ4n) is 17.1. The number of nitrogens with two attached hydrogens (primary N) is 2. The van der Waals surface area contributed by atoms with Gasteiger partial charge in [-0.15, -0.1) is 68.0 Å². The number of benzene rings is 1. The highest BCUT2D eigenvalue weighted by atomic mass is 32.1. The standard InChI is InChI=1S/C96H142N6O2S6/c1-13-21-29-37-39-43-51-67(49-41-31-23-15-3)65-101-87(83-84(94(101)104)88(102(93(83)103)66-68(50-42-32-24-16-4)52-44-40-38-30-22-14-2)78-60-58-76(106-78)80-62-70(54-46-34-26-18-6)92(109-80)96(11,12)98)77-59-57-75(105-77)79-61-69(53-45-33-25-17-5)89(107-79)81-63-71-85-86(72-64-82(95(9,10)97)110-91(72)90(71)108-81)100-74(56-48-36-28-20-8)73(99-85)55-47-35-27-19-7/h57-64,67-68H,13-56,65-66,97-98H2,1-12H3. The summed E-state index contributed by atoms with van der Waals surface area (Å²) < 4.78 is 2.56. The van der Waals surface area contributed by atoms with E-state index in [0.29, 0.717) is 36.1 Å². The van der Waals surface area contributed by atoms with Crippen LogP contribution in [0.25, 0.3) is 71.9 Å². The number of carbonyl (C=O) groups excluding carboxylic acids is 2. The SMILES string of the molecule is CCCCCCCCC(CCCCCC)CN1C(=O)C2=C(c3ccc(-c4cc(CCCCCC)c(C(C)(C)N)s4)s3)N(CC(CCCCCC)CCCCCCCC)C(=O)C2=C1c1ccc(-c2cc(CCCCCC)c(-c3cc4c5nc(CCCCCC)c(CCCCCC)nc5c5cc(C(C)(C)N)sc5c4s3)s2)s1. The van der Waals surface area contributed by atoms with Gasteiger partial charge in [-0.2, -0.15) is 0 Å². The molecule has 10 rings (SSSR count). The van der Waals surface area contributed by atoms with E-state index < -0.39 is 11.1 Å². The van der Waals surface area contributed by atoms with E-state index in [1.54, 1.807) is 22.7 Å². The molecule has 9 heterocycles. The second-order valence-electron chi connectivity index (χ2n) is 34.3. The van der Waals surface area contributed by atoms with Crippen molar-refractivity contribution in [3.63, 3.8) is 0 Å². The summed E-state index contributed by atoms with van der Waals surface area (Å²) in [6.07, 6.45) is 51.9. The predicted octanol–water partition coefficient (Wildman–Crippen LogP) is 30.7. The van der Waals surface area contributed by atoms with Crippen LogP contribution in [0, 0.1) is 11.8 Å². The van der Waals surface area contributed by atoms with Crippen molar-refractivity contribution in [1.29, 1.82) is 0 Å². The van der Waals surface area contributed by atoms with Crippen LogP contribution in [0.5, 0.6) is 0 Å². The molecule has 0 saturated heterocycles. The lowest BCUT2D eigenvalue weighted by molar-refractivity contribution is -0.124. The number of aromatic nitrogens is 2. The molecule has 1 aromatic carbocycles. The summed E-state index contributed by atoms with van der Waals surface area (Å²) >= 11 is 11.1. The Labute approximate surface area is 690 Å². The van der Waals surface area contributed by atoms with E-state index >= 15 is 9.59 Å². The molecule has 2 amide bonds. The molecule has 0 spiro atoms. The highest BCUT2D eigenvalue weighted by molar-refractivity contribution is 7.32. The third-order valence-corrected chi connectivity index (χ3v) is 31.7. The number of aryl methyl sites for hydroxylation is 4. The summed E-state index contributed by atoms with van der Waals surface area (Å²) in [6.45, 7) is 28.2. The van der Waals surface area contributed by atoms with Gasteiger partial charge in [-0.1, -0.05) is 261 Å². The molecule has 8 nitrogen and oxygen atoms in total. The van der Waals surface area contributed by atoms with Gasteiger partial charge in [0.15, 0.2) is 0 Å². The van der Waals surface area contributed by atoms with Crippen molar-refractivity contribution < 1.29 is 9.59 Å². The van der Waals surface area contributed by atoms with E-state index in [2.05, 4.69) is 141 Å². The van der Waals surface area contributed by atoms with Gasteiger partial charge in [-0.25, -0.2) is 9.97 Å². The Balaban J connectivity index is 1.14. The molecule has 14 heteroatoms. The molecule has 2 aliphatic rings. The molecule has 2 aliphatic heterocycles. The highest BCUT2D eigenvalue weighted by Gasteiger charge is 2.50. The fraction of sp³-hybridized carbons (Fsp3) is 0.646. The Kier molecular flexibility index (Phi) is 35.3. The van der Waals surface area contributed by atoms with E-state index in [4.69, 9.17) is 21.4 Å². The zero-order valence-electron chi connectivity index (χ0n) is 70.5. The Morgan fingerprint density at radius 3 is 1.14 bits per heavy atom. The van der Waals surface area contributed by atoms with Gasteiger partial charge in [-0.05, 0) is 176 Å². The lowest BCUT2D eigenvalue weighted by atomic mass is 9.93. The lowest BCUT2D eigenvalue weighted by Gasteiger charge is -2.29. The van der Waals surface area contributed by atoms with Crippen molar-refractivity contribution in [3.05, 3.63) is 102 Å². The molecular formula is C96H142N6O2S6. The number of amides is 2. The van der Waals surface area contributed by atoms with Gasteiger partial charge in [0.25, 0.3) is 11.8 Å². The molecule has 4 N–H and O–H groups in total. The van der Waals surface area contributed by atoms with Crippen LogP contribution >= 0.6 is 68.0 Å². The maximum absolute atomic E-state index is 16.7. The molecule has 0 radical (unpaired) electrons. The number of nitrogens with zero attached hydrogens (tertiary/aromatic N) is 4. The first-order chi connectivity index (χ1) is 53.4. The Hall–Kier alpha value is -4.38. The molecule has 2 unspecified atom stereocenters. The van der Waals surface area contributed by atoms with Gasteiger partial charge in [0.2, 0.25) is 0 Å². The van der Waals surface area contributed by atoms with Crippen LogP contribution < -0.4 is 11.5 Å². The average Bonchev–Trinajstić information content (AvgIpc) is 1.54. The summed E-state index contributed by atoms with van der Waals surface area (Å²) in [5.74, 6) is 0.678. The smallest absolute Gasteiger partial charge is 0.261 e. The van der Waals surface area contributed by atoms with E-state index in [1.165, 1.54) is 274 Å². The normalized spacial score (nSPS) is 14.3. The van der Waals surface area contributed by atoms with E-state index in [-0.39, 0.29) is 11.8 Å². The number of carbonyl (C=O) groups is 2. The van der Waals surface area contributed by atoms with Gasteiger partial charge in [0.1, 0.15) is 0 Å². The molecule has 2 atom stereocenters. The quantitative estimate of drug-likeness (QED) is 0.0367. The van der Waals surface area contributed by atoms with Crippen molar-refractivity contribution in [2.24, 2.45) is 23.3 Å². The first-order valence-corrected chi connectivity index (χ1v) is 49.7. The number of hydrogen-bond acceptors (Lipinski definition) is 12. The summed E-state index contributed by atoms with van der Waals surface area (Å²) in [5, 5.41) is 2.40. The molecule has 604 valence electrons. The number of fused-ring (bicyclic) bond motifs is 7. The van der Waals surface area contributed by atoms with Gasteiger partial charge in [0, 0.05) is 74.0 Å². The zero-order chi connectivity index (χ0) is 78.2. The number of unbranched alkanes of at least 4 members (excludes halogenated alkanes) is 28. The first-order valence-electron chi connectivity index (χ1n) is 44.8. The summed E-state index contributed by atoms with van der Waals surface area (Å²) in [5.41, 5.74) is 23.3. The fourth-order valence-corrected chi connectivity index (χ4v) is 24.5. The third-order valence-electron chi connectivity index (χ3n) is 23.5. The third kappa shape index (κ3) is 23.0. The van der Waals surface area contributed by atoms with Crippen LogP contribution in [0.2, 0.25) is 0 Å². The summed E-state index contributed by atoms with van der Waals surface area (Å²) in [4.78, 5) is 61.3. The number of rotatable bonds is 55. The molecule has 8 aromatic rings. The summed E-state index contributed by atoms with van der Waals surface area (Å²) in [6, 6.07) is 19.0. The van der Waals surface area contributed by atoms with Crippen LogP contribution in [-0.2, 0) is 46.4 Å². The molecule has 0 saturated carbocycles. The van der Waals surface area contributed by atoms with E-state index in [0.717, 1.165) is 122 Å². The van der Waals surface area contributed by atoms with Crippen molar-refractivity contribution >= 4 is 122 Å². The van der Waals surface area contributed by atoms with Crippen LogP contribution in [0.15, 0.2) is 59.7 Å². The molecule has 0 bridgehead atoms. The predicted molar refractivity (Wildman–Crippen MR) is 488 cm³/mol. The Morgan fingerprint density at radius 1 is 0.355 bits per heavy atom. The van der Waals surface area contributed by atoms with Crippen molar-refractivity contribution in [2.75, 3.05) is 13.1 Å². The van der Waals surface area contributed by atoms with Crippen molar-refractivity contribution in [1.82, 2.24) is 19.8 Å². The lowest BCUT2D eigenvalue weighted by Crippen LogP contribution is -2.34. The van der Waals surface area contributed by atoms with E-state index in [9.17, 15) is 0 Å². The largest absolute Gasteiger partial charge is 0.321 e. The molecule has 7 aromatic heterocycles. The van der Waals surface area contributed by atoms with Crippen LogP contribution in [0.3, 0.4) is 0 Å². The van der Waals surface area contributed by atoms with Crippen molar-refractivity contribution in [2.45, 2.75) is 377 Å². The molecule has 0 aliphatic carbocycles.